The van der Waals surface area contributed by atoms with Crippen molar-refractivity contribution in [1.29, 1.82) is 0 Å². The minimum absolute atomic E-state index is 0.176. The molecule has 38 heavy (non-hydrogen) atoms. The molecule has 0 radical (unpaired) electrons. The summed E-state index contributed by atoms with van der Waals surface area (Å²) in [4.78, 5) is 38.0. The number of ether oxygens (including phenoxy) is 1. The molecule has 1 unspecified atom stereocenters. The molecule has 1 atom stereocenters. The Labute approximate surface area is 227 Å². The van der Waals surface area contributed by atoms with Crippen molar-refractivity contribution in [3.05, 3.63) is 28.8 Å². The van der Waals surface area contributed by atoms with Crippen molar-refractivity contribution < 1.29 is 34.4 Å². The van der Waals surface area contributed by atoms with E-state index >= 15 is 0 Å². The van der Waals surface area contributed by atoms with Gasteiger partial charge in [-0.2, -0.15) is 0 Å². The van der Waals surface area contributed by atoms with Gasteiger partial charge in [-0.3, -0.25) is 19.3 Å². The molecule has 0 bridgehead atoms. The first-order valence-electron chi connectivity index (χ1n) is 13.4. The van der Waals surface area contributed by atoms with Crippen molar-refractivity contribution in [2.45, 2.75) is 135 Å². The summed E-state index contributed by atoms with van der Waals surface area (Å²) in [6.45, 7) is 19.8. The molecule has 1 heterocycles. The fourth-order valence-electron chi connectivity index (χ4n) is 6.06. The van der Waals surface area contributed by atoms with E-state index in [1.807, 2.05) is 81.4 Å². The molecule has 1 fully saturated rings. The van der Waals surface area contributed by atoms with Crippen molar-refractivity contribution in [3.63, 3.8) is 0 Å². The van der Waals surface area contributed by atoms with Gasteiger partial charge in [-0.05, 0) is 61.6 Å². The molecule has 1 aromatic carbocycles. The molecular formula is C30H47NO7. The third-order valence-corrected chi connectivity index (χ3v) is 7.43. The molecule has 1 saturated heterocycles. The number of phenolic OH excluding ortho intramolecular Hbond substituents is 1. The summed E-state index contributed by atoms with van der Waals surface area (Å²) in [5.74, 6) is -2.38. The highest BCUT2D eigenvalue weighted by atomic mass is 16.5. The second kappa shape index (κ2) is 10.9. The van der Waals surface area contributed by atoms with Crippen LogP contribution in [0.2, 0.25) is 0 Å². The molecule has 2 rings (SSSR count). The van der Waals surface area contributed by atoms with Gasteiger partial charge in [0.25, 0.3) is 0 Å². The van der Waals surface area contributed by atoms with Gasteiger partial charge in [0.2, 0.25) is 0 Å². The highest BCUT2D eigenvalue weighted by molar-refractivity contribution is 5.80. The van der Waals surface area contributed by atoms with Gasteiger partial charge >= 0.3 is 17.9 Å². The summed E-state index contributed by atoms with van der Waals surface area (Å²) in [5.41, 5.74) is 0.719. The van der Waals surface area contributed by atoms with Gasteiger partial charge < -0.3 is 20.1 Å². The van der Waals surface area contributed by atoms with Crippen LogP contribution in [0.4, 0.5) is 0 Å². The summed E-state index contributed by atoms with van der Waals surface area (Å²) < 4.78 is 5.89. The molecule has 214 valence electrons. The number of hydrogen-bond donors (Lipinski definition) is 3. The SMILES string of the molecule is CC(C)(C)c1cc(CCC(=O)OC2CC(C)(C)N(C(CC(=O)O)C(=O)O)C(C)(C)C2)cc(C(C)(C)C)c1O. The minimum Gasteiger partial charge on any atom is -0.507 e. The van der Waals surface area contributed by atoms with Crippen LogP contribution in [0.3, 0.4) is 0 Å². The van der Waals surface area contributed by atoms with Crippen molar-refractivity contribution >= 4 is 17.9 Å². The fraction of sp³-hybridized carbons (Fsp3) is 0.700. The quantitative estimate of drug-likeness (QED) is 0.379. The maximum Gasteiger partial charge on any atom is 0.321 e. The first kappa shape index (κ1) is 31.6. The predicted octanol–water partition coefficient (Wildman–Crippen LogP) is 5.41. The Morgan fingerprint density at radius 1 is 0.947 bits per heavy atom. The van der Waals surface area contributed by atoms with Gasteiger partial charge in [0.1, 0.15) is 17.9 Å². The molecule has 8 heteroatoms. The van der Waals surface area contributed by atoms with Crippen LogP contribution in [0.25, 0.3) is 0 Å². The number of aliphatic carboxylic acids is 2. The van der Waals surface area contributed by atoms with Crippen molar-refractivity contribution in [1.82, 2.24) is 4.90 Å². The summed E-state index contributed by atoms with van der Waals surface area (Å²) in [6.07, 6.45) is 0.511. The number of carbonyl (C=O) groups is 3. The molecule has 3 N–H and O–H groups in total. The maximum absolute atomic E-state index is 12.9. The topological polar surface area (TPSA) is 124 Å². The van der Waals surface area contributed by atoms with Crippen molar-refractivity contribution in [3.8, 4) is 5.75 Å². The van der Waals surface area contributed by atoms with Gasteiger partial charge in [-0.1, -0.05) is 53.7 Å². The largest absolute Gasteiger partial charge is 0.507 e. The van der Waals surface area contributed by atoms with Crippen LogP contribution < -0.4 is 0 Å². The number of likely N-dealkylation sites (tertiary alicyclic amines) is 1. The molecule has 0 amide bonds. The smallest absolute Gasteiger partial charge is 0.321 e. The van der Waals surface area contributed by atoms with Crippen molar-refractivity contribution in [2.75, 3.05) is 0 Å². The lowest BCUT2D eigenvalue weighted by molar-refractivity contribution is -0.174. The summed E-state index contributed by atoms with van der Waals surface area (Å²) in [7, 11) is 0. The Balaban J connectivity index is 2.20. The van der Waals surface area contributed by atoms with E-state index in [0.717, 1.165) is 16.7 Å². The van der Waals surface area contributed by atoms with E-state index in [-0.39, 0.29) is 23.2 Å². The Morgan fingerprint density at radius 3 is 1.76 bits per heavy atom. The van der Waals surface area contributed by atoms with Gasteiger partial charge in [-0.25, -0.2) is 0 Å². The standard InChI is InChI=1S/C30H47NO7/c1-27(2,3)20-13-18(14-21(25(20)35)28(4,5)6)11-12-24(34)38-19-16-29(7,8)31(30(9,10)17-19)22(26(36)37)15-23(32)33/h13-14,19,22,35H,11-12,15-17H2,1-10H3,(H,32,33)(H,36,37). The second-order valence-corrected chi connectivity index (χ2v) is 14.0. The zero-order valence-electron chi connectivity index (χ0n) is 24.8. The van der Waals surface area contributed by atoms with E-state index in [2.05, 4.69) is 0 Å². The first-order chi connectivity index (χ1) is 17.1. The number of phenols is 1. The monoisotopic (exact) mass is 533 g/mol. The van der Waals surface area contributed by atoms with Crippen LogP contribution in [0.5, 0.6) is 5.75 Å². The number of carbonyl (C=O) groups excluding carboxylic acids is 1. The van der Waals surface area contributed by atoms with E-state index in [0.29, 0.717) is 25.0 Å². The van der Waals surface area contributed by atoms with E-state index in [1.54, 1.807) is 4.90 Å². The van der Waals surface area contributed by atoms with E-state index in [9.17, 15) is 29.7 Å². The number of hydrogen-bond acceptors (Lipinski definition) is 6. The number of benzene rings is 1. The van der Waals surface area contributed by atoms with Gasteiger partial charge in [0, 0.05) is 30.3 Å². The zero-order valence-corrected chi connectivity index (χ0v) is 24.8. The number of aromatic hydroxyl groups is 1. The normalized spacial score (nSPS) is 19.1. The highest BCUT2D eigenvalue weighted by Gasteiger charge is 2.51. The molecule has 1 aliphatic rings. The molecule has 0 aliphatic carbocycles. The summed E-state index contributed by atoms with van der Waals surface area (Å²) in [6, 6.07) is 2.76. The van der Waals surface area contributed by atoms with Crippen LogP contribution in [-0.4, -0.2) is 61.4 Å². The molecule has 0 spiro atoms. The Bertz CT molecular complexity index is 1010. The van der Waals surface area contributed by atoms with Gasteiger partial charge in [0.15, 0.2) is 0 Å². The maximum atomic E-state index is 12.9. The number of aryl methyl sites for hydroxylation is 1. The zero-order chi connectivity index (χ0) is 29.4. The molecule has 1 aromatic rings. The number of esters is 1. The Morgan fingerprint density at radius 2 is 1.39 bits per heavy atom. The van der Waals surface area contributed by atoms with Crippen LogP contribution in [0.15, 0.2) is 12.1 Å². The third-order valence-electron chi connectivity index (χ3n) is 7.43. The molecule has 8 nitrogen and oxygen atoms in total. The number of carboxylic acids is 2. The minimum atomic E-state index is -1.18. The summed E-state index contributed by atoms with van der Waals surface area (Å²) in [5, 5.41) is 30.0. The lowest BCUT2D eigenvalue weighted by Crippen LogP contribution is -2.67. The van der Waals surface area contributed by atoms with Gasteiger partial charge in [0.05, 0.1) is 6.42 Å². The molecule has 0 saturated carbocycles. The highest BCUT2D eigenvalue weighted by Crippen LogP contribution is 2.42. The Hall–Kier alpha value is -2.61. The van der Waals surface area contributed by atoms with Crippen LogP contribution >= 0.6 is 0 Å². The molecule has 0 aromatic heterocycles. The first-order valence-corrected chi connectivity index (χ1v) is 13.4. The second-order valence-electron chi connectivity index (χ2n) is 14.0. The van der Waals surface area contributed by atoms with Crippen LogP contribution in [-0.2, 0) is 36.4 Å². The number of carboxylic acid groups (broad SMARTS) is 2. The number of piperidine rings is 1. The predicted molar refractivity (Wildman–Crippen MR) is 147 cm³/mol. The lowest BCUT2D eigenvalue weighted by atomic mass is 9.76. The lowest BCUT2D eigenvalue weighted by Gasteiger charge is -2.56. The van der Waals surface area contributed by atoms with Gasteiger partial charge in [-0.15, -0.1) is 0 Å². The van der Waals surface area contributed by atoms with E-state index < -0.39 is 41.6 Å². The average molecular weight is 534 g/mol. The van der Waals surface area contributed by atoms with E-state index in [1.165, 1.54) is 0 Å². The number of rotatable bonds is 8. The number of nitrogens with zero attached hydrogens (tertiary/aromatic N) is 1. The molecular weight excluding hydrogens is 486 g/mol. The van der Waals surface area contributed by atoms with Crippen LogP contribution in [0.1, 0.15) is 112 Å². The van der Waals surface area contributed by atoms with E-state index in [4.69, 9.17) is 4.74 Å². The molecule has 1 aliphatic heterocycles. The summed E-state index contributed by atoms with van der Waals surface area (Å²) >= 11 is 0. The van der Waals surface area contributed by atoms with Crippen molar-refractivity contribution in [2.24, 2.45) is 0 Å². The average Bonchev–Trinajstić information content (AvgIpc) is 2.68. The Kier molecular flexibility index (Phi) is 9.04. The fourth-order valence-corrected chi connectivity index (χ4v) is 6.06. The van der Waals surface area contributed by atoms with Crippen LogP contribution in [0, 0.1) is 0 Å². The third kappa shape index (κ3) is 7.49.